The van der Waals surface area contributed by atoms with Crippen LogP contribution in [0, 0.1) is 19.8 Å². The summed E-state index contributed by atoms with van der Waals surface area (Å²) in [4.78, 5) is 51.7. The zero-order valence-corrected chi connectivity index (χ0v) is 21.2. The fourth-order valence-corrected chi connectivity index (χ4v) is 5.95. The predicted molar refractivity (Wildman–Crippen MR) is 133 cm³/mol. The Bertz CT molecular complexity index is 1250. The summed E-state index contributed by atoms with van der Waals surface area (Å²) in [6.07, 6.45) is 6.19. The van der Waals surface area contributed by atoms with Crippen LogP contribution in [0.3, 0.4) is 0 Å². The molecule has 1 saturated carbocycles. The summed E-state index contributed by atoms with van der Waals surface area (Å²) in [5.41, 5.74) is 5.05. The third-order valence-corrected chi connectivity index (χ3v) is 8.10. The molecule has 0 radical (unpaired) electrons. The van der Waals surface area contributed by atoms with Crippen LogP contribution in [-0.2, 0) is 27.2 Å². The lowest BCUT2D eigenvalue weighted by Gasteiger charge is -2.33. The van der Waals surface area contributed by atoms with Gasteiger partial charge in [-0.05, 0) is 94.0 Å². The predicted octanol–water partition coefficient (Wildman–Crippen LogP) is 3.81. The average molecular weight is 492 g/mol. The van der Waals surface area contributed by atoms with Crippen molar-refractivity contribution in [3.8, 4) is 5.69 Å². The van der Waals surface area contributed by atoms with Crippen LogP contribution >= 0.6 is 0 Å². The number of nitrogens with one attached hydrogen (secondary N) is 1. The maximum atomic E-state index is 12.9. The van der Waals surface area contributed by atoms with Crippen LogP contribution in [0.2, 0.25) is 0 Å². The lowest BCUT2D eigenvalue weighted by Crippen LogP contribution is -2.49. The van der Waals surface area contributed by atoms with E-state index in [1.165, 1.54) is 17.5 Å². The Morgan fingerprint density at radius 2 is 1.81 bits per heavy atom. The number of esters is 1. The van der Waals surface area contributed by atoms with Gasteiger partial charge < -0.3 is 14.6 Å². The van der Waals surface area contributed by atoms with Crippen LogP contribution < -0.4 is 5.32 Å². The second-order valence-electron chi connectivity index (χ2n) is 10.6. The molecule has 2 aromatic rings. The lowest BCUT2D eigenvalue weighted by molar-refractivity contribution is -0.147. The number of imide groups is 1. The first kappa shape index (κ1) is 24.3. The maximum Gasteiger partial charge on any atom is 0.326 e. The third-order valence-electron chi connectivity index (χ3n) is 8.10. The summed E-state index contributed by atoms with van der Waals surface area (Å²) in [6, 6.07) is 7.67. The molecular weight excluding hydrogens is 458 g/mol. The zero-order chi connectivity index (χ0) is 25.6. The minimum atomic E-state index is -0.908. The molecule has 8 heteroatoms. The number of benzene rings is 1. The summed E-state index contributed by atoms with van der Waals surface area (Å²) in [5.74, 6) is -0.963. The number of carbonyl (C=O) groups excluding carboxylic acids is 4. The number of nitrogens with zero attached hydrogens (tertiary/aromatic N) is 2. The number of amides is 3. The fourth-order valence-electron chi connectivity index (χ4n) is 5.95. The van der Waals surface area contributed by atoms with E-state index in [0.29, 0.717) is 24.3 Å². The molecule has 1 saturated heterocycles. The number of hydrogen-bond donors (Lipinski definition) is 1. The SMILES string of the molecule is Cc1cc(C(=O)COC(=O)CN2C(=O)NC3(CCC(C)CC3)C2=O)c(C)n1-c1ccc2c(c1)CCC2. The van der Waals surface area contributed by atoms with Crippen molar-refractivity contribution in [2.75, 3.05) is 13.2 Å². The van der Waals surface area contributed by atoms with Gasteiger partial charge in [0.15, 0.2) is 6.61 Å². The van der Waals surface area contributed by atoms with Crippen molar-refractivity contribution in [3.05, 3.63) is 52.3 Å². The molecule has 0 bridgehead atoms. The number of hydrogen-bond acceptors (Lipinski definition) is 5. The Labute approximate surface area is 211 Å². The van der Waals surface area contributed by atoms with E-state index in [4.69, 9.17) is 4.74 Å². The summed E-state index contributed by atoms with van der Waals surface area (Å²) < 4.78 is 7.26. The number of ketones is 1. The standard InChI is InChI=1S/C28H33N3O5/c1-17-9-11-28(12-10-17)26(34)30(27(35)29-28)15-25(33)36-16-24(32)23-13-18(2)31(19(23)3)22-8-7-20-5-4-6-21(20)14-22/h7-8,13-14,17H,4-6,9-12,15-16H2,1-3H3,(H,29,35). The monoisotopic (exact) mass is 491 g/mol. The van der Waals surface area contributed by atoms with Crippen molar-refractivity contribution in [1.29, 1.82) is 0 Å². The van der Waals surface area contributed by atoms with Gasteiger partial charge in [0.2, 0.25) is 5.78 Å². The minimum Gasteiger partial charge on any atom is -0.456 e. The van der Waals surface area contributed by atoms with Crippen molar-refractivity contribution in [3.63, 3.8) is 0 Å². The van der Waals surface area contributed by atoms with Gasteiger partial charge in [-0.1, -0.05) is 13.0 Å². The molecule has 8 nitrogen and oxygen atoms in total. The van der Waals surface area contributed by atoms with Crippen molar-refractivity contribution >= 4 is 23.7 Å². The molecule has 5 rings (SSSR count). The number of carbonyl (C=O) groups is 4. The lowest BCUT2D eigenvalue weighted by atomic mass is 9.77. The molecule has 1 aliphatic heterocycles. The first-order chi connectivity index (χ1) is 17.2. The Hall–Kier alpha value is -3.42. The molecule has 0 atom stereocenters. The van der Waals surface area contributed by atoms with Gasteiger partial charge in [0.05, 0.1) is 0 Å². The minimum absolute atomic E-state index is 0.321. The maximum absolute atomic E-state index is 12.9. The summed E-state index contributed by atoms with van der Waals surface area (Å²) in [5, 5.41) is 2.79. The Balaban J connectivity index is 1.22. The van der Waals surface area contributed by atoms with Gasteiger partial charge in [0, 0.05) is 22.6 Å². The Kier molecular flexibility index (Phi) is 6.22. The van der Waals surface area contributed by atoms with Gasteiger partial charge in [-0.3, -0.25) is 19.3 Å². The van der Waals surface area contributed by atoms with E-state index in [2.05, 4.69) is 30.4 Å². The second kappa shape index (κ2) is 9.22. The molecule has 0 unspecified atom stereocenters. The van der Waals surface area contributed by atoms with Crippen LogP contribution in [-0.4, -0.2) is 51.8 Å². The molecule has 2 fully saturated rings. The van der Waals surface area contributed by atoms with Crippen LogP contribution in [0.5, 0.6) is 0 Å². The third kappa shape index (κ3) is 4.22. The van der Waals surface area contributed by atoms with Crippen LogP contribution in [0.15, 0.2) is 24.3 Å². The molecule has 3 amide bonds. The molecule has 2 aliphatic carbocycles. The van der Waals surface area contributed by atoms with E-state index in [0.717, 1.165) is 47.7 Å². The highest BCUT2D eigenvalue weighted by molar-refractivity contribution is 6.09. The largest absolute Gasteiger partial charge is 0.456 e. The van der Waals surface area contributed by atoms with E-state index in [-0.39, 0.29) is 11.7 Å². The van der Waals surface area contributed by atoms with E-state index in [1.807, 2.05) is 24.5 Å². The molecule has 3 aliphatic rings. The molecule has 36 heavy (non-hydrogen) atoms. The smallest absolute Gasteiger partial charge is 0.326 e. The van der Waals surface area contributed by atoms with E-state index in [1.54, 1.807) is 0 Å². The van der Waals surface area contributed by atoms with E-state index >= 15 is 0 Å². The van der Waals surface area contributed by atoms with Crippen molar-refractivity contribution in [2.24, 2.45) is 5.92 Å². The molecule has 1 spiro atoms. The fraction of sp³-hybridized carbons (Fsp3) is 0.500. The summed E-state index contributed by atoms with van der Waals surface area (Å²) in [7, 11) is 0. The average Bonchev–Trinajstić information content (AvgIpc) is 3.50. The molecule has 190 valence electrons. The number of aryl methyl sites for hydroxylation is 3. The zero-order valence-electron chi connectivity index (χ0n) is 21.2. The summed E-state index contributed by atoms with van der Waals surface area (Å²) >= 11 is 0. The first-order valence-corrected chi connectivity index (χ1v) is 12.8. The highest BCUT2D eigenvalue weighted by atomic mass is 16.5. The van der Waals surface area contributed by atoms with Crippen molar-refractivity contribution in [1.82, 2.24) is 14.8 Å². The van der Waals surface area contributed by atoms with Gasteiger partial charge in [-0.25, -0.2) is 4.79 Å². The number of rotatable bonds is 6. The number of aromatic nitrogens is 1. The van der Waals surface area contributed by atoms with Crippen molar-refractivity contribution < 1.29 is 23.9 Å². The molecular formula is C28H33N3O5. The quantitative estimate of drug-likeness (QED) is 0.377. The van der Waals surface area contributed by atoms with Crippen LogP contribution in [0.4, 0.5) is 4.79 Å². The molecule has 2 heterocycles. The molecule has 1 aromatic heterocycles. The summed E-state index contributed by atoms with van der Waals surface area (Å²) in [6.45, 7) is 5.02. The van der Waals surface area contributed by atoms with Crippen molar-refractivity contribution in [2.45, 2.75) is 71.3 Å². The van der Waals surface area contributed by atoms with Gasteiger partial charge in [-0.15, -0.1) is 0 Å². The normalized spacial score (nSPS) is 23.2. The van der Waals surface area contributed by atoms with Gasteiger partial charge >= 0.3 is 12.0 Å². The number of Topliss-reactive ketones (excluding diaryl/α,β-unsaturated/α-hetero) is 1. The van der Waals surface area contributed by atoms with Crippen LogP contribution in [0.1, 0.15) is 71.9 Å². The highest BCUT2D eigenvalue weighted by Crippen LogP contribution is 2.36. The topological polar surface area (TPSA) is 97.7 Å². The molecule has 1 N–H and O–H groups in total. The van der Waals surface area contributed by atoms with Gasteiger partial charge in [-0.2, -0.15) is 0 Å². The number of ether oxygens (including phenoxy) is 1. The van der Waals surface area contributed by atoms with Gasteiger partial charge in [0.1, 0.15) is 12.1 Å². The molecule has 1 aromatic carbocycles. The number of fused-ring (bicyclic) bond motifs is 1. The highest BCUT2D eigenvalue weighted by Gasteiger charge is 2.52. The second-order valence-corrected chi connectivity index (χ2v) is 10.6. The first-order valence-electron chi connectivity index (χ1n) is 12.8. The van der Waals surface area contributed by atoms with Gasteiger partial charge in [0.25, 0.3) is 5.91 Å². The number of urea groups is 1. The Morgan fingerprint density at radius 3 is 2.56 bits per heavy atom. The van der Waals surface area contributed by atoms with E-state index in [9.17, 15) is 19.2 Å². The van der Waals surface area contributed by atoms with E-state index < -0.39 is 30.7 Å². The van der Waals surface area contributed by atoms with Crippen LogP contribution in [0.25, 0.3) is 5.69 Å². The Morgan fingerprint density at radius 1 is 1.08 bits per heavy atom.